The highest BCUT2D eigenvalue weighted by atomic mass is 16.6. The van der Waals surface area contributed by atoms with E-state index in [0.29, 0.717) is 6.61 Å². The molecule has 1 unspecified atom stereocenters. The molecule has 1 saturated heterocycles. The van der Waals surface area contributed by atoms with Gasteiger partial charge in [0.2, 0.25) is 0 Å². The normalized spacial score (nSPS) is 33.2. The number of hydrogen-bond acceptors (Lipinski definition) is 2. The molecule has 0 N–H and O–H groups in total. The molecule has 33 valence electrons. The van der Waals surface area contributed by atoms with E-state index in [1.54, 1.807) is 0 Å². The van der Waals surface area contributed by atoms with E-state index in [-0.39, 0.29) is 6.10 Å². The summed E-state index contributed by atoms with van der Waals surface area (Å²) in [6.45, 7) is 2.67. The second-order valence-corrected chi connectivity index (χ2v) is 1.38. The zero-order chi connectivity index (χ0) is 4.41. The first-order valence-electron chi connectivity index (χ1n) is 1.98. The van der Waals surface area contributed by atoms with E-state index < -0.39 is 0 Å². The molecule has 0 amide bonds. The maximum absolute atomic E-state index is 4.81. The fraction of sp³-hybridized carbons (Fsp3) is 1.00. The molecule has 0 aliphatic carbocycles. The number of hydrogen-bond donors (Lipinski definition) is 0. The Labute approximate surface area is 37.7 Å². The van der Waals surface area contributed by atoms with Gasteiger partial charge in [0.15, 0.2) is 0 Å². The van der Waals surface area contributed by atoms with Crippen molar-refractivity contribution in [2.45, 2.75) is 13.0 Å². The van der Waals surface area contributed by atoms with Crippen LogP contribution in [0, 0.1) is 0 Å². The van der Waals surface area contributed by atoms with Crippen LogP contribution in [0.4, 0.5) is 0 Å². The third-order valence-corrected chi connectivity index (χ3v) is 0.687. The molecule has 1 heterocycles. The minimum atomic E-state index is 0.269. The molecule has 1 aliphatic heterocycles. The minimum Gasteiger partial charge on any atom is -0.411 e. The molecular weight excluding hydrogens is 78.8 g/mol. The van der Waals surface area contributed by atoms with Gasteiger partial charge in [0.05, 0.1) is 12.7 Å². The van der Waals surface area contributed by atoms with Crippen LogP contribution in [0.1, 0.15) is 6.92 Å². The Bertz CT molecular complexity index is 42.1. The van der Waals surface area contributed by atoms with Crippen molar-refractivity contribution in [1.29, 1.82) is 0 Å². The topological polar surface area (TPSA) is 18.5 Å². The van der Waals surface area contributed by atoms with E-state index in [0.717, 1.165) is 0 Å². The molecule has 0 aromatic heterocycles. The zero-order valence-electron chi connectivity index (χ0n) is 3.68. The van der Waals surface area contributed by atoms with Crippen molar-refractivity contribution in [2.75, 3.05) is 6.61 Å². The van der Waals surface area contributed by atoms with E-state index in [4.69, 9.17) is 9.31 Å². The van der Waals surface area contributed by atoms with Crippen LogP contribution in [0.2, 0.25) is 0 Å². The Morgan fingerprint density at radius 2 is 2.67 bits per heavy atom. The molecule has 1 atom stereocenters. The molecule has 0 saturated carbocycles. The van der Waals surface area contributed by atoms with Gasteiger partial charge in [-0.05, 0) is 6.92 Å². The average Bonchev–Trinajstić information content (AvgIpc) is 1.86. The van der Waals surface area contributed by atoms with E-state index in [9.17, 15) is 0 Å². The Morgan fingerprint density at radius 3 is 2.83 bits per heavy atom. The van der Waals surface area contributed by atoms with Gasteiger partial charge in [0.1, 0.15) is 0 Å². The summed E-state index contributed by atoms with van der Waals surface area (Å²) in [5.74, 6) is 0. The Morgan fingerprint density at radius 1 is 1.83 bits per heavy atom. The van der Waals surface area contributed by atoms with Crippen LogP contribution in [-0.2, 0) is 9.31 Å². The lowest BCUT2D eigenvalue weighted by Gasteiger charge is -1.92. The standard InChI is InChI=1S/C3H6BO2/c1-3-2-5-4-6-3/h3H,2H2,1H3. The van der Waals surface area contributed by atoms with E-state index in [1.807, 2.05) is 6.92 Å². The lowest BCUT2D eigenvalue weighted by atomic mass is 10.4. The highest BCUT2D eigenvalue weighted by Crippen LogP contribution is 1.96. The molecule has 1 fully saturated rings. The lowest BCUT2D eigenvalue weighted by molar-refractivity contribution is 0.260. The van der Waals surface area contributed by atoms with Crippen molar-refractivity contribution >= 4 is 7.69 Å². The highest BCUT2D eigenvalue weighted by molar-refractivity contribution is 6.18. The Hall–Kier alpha value is -0.0151. The number of rotatable bonds is 0. The molecule has 0 bridgehead atoms. The molecule has 1 rings (SSSR count). The summed E-state index contributed by atoms with van der Waals surface area (Å²) < 4.78 is 9.52. The van der Waals surface area contributed by atoms with Crippen LogP contribution < -0.4 is 0 Å². The first-order valence-corrected chi connectivity index (χ1v) is 1.98. The molecule has 0 spiro atoms. The maximum atomic E-state index is 4.81. The van der Waals surface area contributed by atoms with Gasteiger partial charge < -0.3 is 9.31 Å². The maximum Gasteiger partial charge on any atom is 0.488 e. The molecule has 6 heavy (non-hydrogen) atoms. The average molecular weight is 84.9 g/mol. The molecule has 0 aromatic rings. The highest BCUT2D eigenvalue weighted by Gasteiger charge is 2.10. The van der Waals surface area contributed by atoms with Crippen LogP contribution in [-0.4, -0.2) is 20.4 Å². The summed E-state index contributed by atoms with van der Waals surface area (Å²) in [7, 11) is 1.38. The van der Waals surface area contributed by atoms with Gasteiger partial charge in [0, 0.05) is 0 Å². The first kappa shape index (κ1) is 4.15. The SMILES string of the molecule is CC1CO[B]O1. The van der Waals surface area contributed by atoms with Crippen molar-refractivity contribution < 1.29 is 9.31 Å². The zero-order valence-corrected chi connectivity index (χ0v) is 3.68. The van der Waals surface area contributed by atoms with Crippen LogP contribution >= 0.6 is 0 Å². The fourth-order valence-electron chi connectivity index (χ4n) is 0.348. The van der Waals surface area contributed by atoms with Crippen molar-refractivity contribution in [3.8, 4) is 0 Å². The second kappa shape index (κ2) is 1.62. The smallest absolute Gasteiger partial charge is 0.411 e. The van der Waals surface area contributed by atoms with Crippen LogP contribution in [0.3, 0.4) is 0 Å². The molecule has 3 heteroatoms. The second-order valence-electron chi connectivity index (χ2n) is 1.38. The van der Waals surface area contributed by atoms with Crippen LogP contribution in [0.15, 0.2) is 0 Å². The van der Waals surface area contributed by atoms with Gasteiger partial charge in [-0.15, -0.1) is 0 Å². The van der Waals surface area contributed by atoms with Gasteiger partial charge in [0.25, 0.3) is 0 Å². The van der Waals surface area contributed by atoms with E-state index >= 15 is 0 Å². The fourth-order valence-corrected chi connectivity index (χ4v) is 0.348. The van der Waals surface area contributed by atoms with Gasteiger partial charge in [-0.1, -0.05) is 0 Å². The van der Waals surface area contributed by atoms with Gasteiger partial charge in [-0.25, -0.2) is 0 Å². The molecular formula is C3H6BO2. The largest absolute Gasteiger partial charge is 0.488 e. The van der Waals surface area contributed by atoms with Crippen molar-refractivity contribution in [3.05, 3.63) is 0 Å². The first-order chi connectivity index (χ1) is 2.89. The van der Waals surface area contributed by atoms with Crippen molar-refractivity contribution in [3.63, 3.8) is 0 Å². The predicted octanol–water partition coefficient (Wildman–Crippen LogP) is -0.0441. The predicted molar refractivity (Wildman–Crippen MR) is 22.3 cm³/mol. The third-order valence-electron chi connectivity index (χ3n) is 0.687. The Balaban J connectivity index is 2.18. The summed E-state index contributed by atoms with van der Waals surface area (Å²) in [5.41, 5.74) is 0. The molecule has 2 nitrogen and oxygen atoms in total. The van der Waals surface area contributed by atoms with Crippen LogP contribution in [0.25, 0.3) is 0 Å². The van der Waals surface area contributed by atoms with E-state index in [2.05, 4.69) is 0 Å². The molecule has 1 aliphatic rings. The van der Waals surface area contributed by atoms with Crippen LogP contribution in [0.5, 0.6) is 0 Å². The quantitative estimate of drug-likeness (QED) is 0.384. The minimum absolute atomic E-state index is 0.269. The molecule has 0 aromatic carbocycles. The monoisotopic (exact) mass is 85.0 g/mol. The van der Waals surface area contributed by atoms with Crippen molar-refractivity contribution in [2.24, 2.45) is 0 Å². The third kappa shape index (κ3) is 0.728. The summed E-state index contributed by atoms with van der Waals surface area (Å²) in [6.07, 6.45) is 0.269. The Kier molecular flexibility index (Phi) is 1.12. The van der Waals surface area contributed by atoms with E-state index in [1.165, 1.54) is 7.69 Å². The lowest BCUT2D eigenvalue weighted by Crippen LogP contribution is -2.00. The van der Waals surface area contributed by atoms with Gasteiger partial charge >= 0.3 is 7.69 Å². The van der Waals surface area contributed by atoms with Gasteiger partial charge in [-0.3, -0.25) is 0 Å². The van der Waals surface area contributed by atoms with Gasteiger partial charge in [-0.2, -0.15) is 0 Å². The summed E-state index contributed by atoms with van der Waals surface area (Å²) in [6, 6.07) is 0. The summed E-state index contributed by atoms with van der Waals surface area (Å²) >= 11 is 0. The van der Waals surface area contributed by atoms with Crippen molar-refractivity contribution in [1.82, 2.24) is 0 Å². The molecule has 1 radical (unpaired) electrons. The summed E-state index contributed by atoms with van der Waals surface area (Å²) in [5, 5.41) is 0. The summed E-state index contributed by atoms with van der Waals surface area (Å²) in [4.78, 5) is 0.